The second-order valence-corrected chi connectivity index (χ2v) is 7.39. The molecule has 0 aliphatic carbocycles. The van der Waals surface area contributed by atoms with Crippen molar-refractivity contribution < 1.29 is 28.3 Å². The van der Waals surface area contributed by atoms with Gasteiger partial charge >= 0.3 is 5.97 Å². The van der Waals surface area contributed by atoms with Crippen LogP contribution < -0.4 is 0 Å². The molecular weight excluding hydrogens is 398 g/mol. The van der Waals surface area contributed by atoms with Gasteiger partial charge in [0, 0.05) is 22.4 Å². The highest BCUT2D eigenvalue weighted by molar-refractivity contribution is 6.05. The summed E-state index contributed by atoms with van der Waals surface area (Å²) in [6.45, 7) is 7.77. The third kappa shape index (κ3) is 4.40. The standard InChI is InChI=1S/C24H23NO6/c1-12-21(15(4)27)13(2)25-22(12)23(28)16(5)30-24(29)20-11-10-19(31-20)18-8-6-17(7-9-18)14(3)26/h6-11,16,25H,1-5H3/t16-/m1/s1. The molecule has 1 aromatic carbocycles. The Morgan fingerprint density at radius 3 is 2.13 bits per heavy atom. The fourth-order valence-electron chi connectivity index (χ4n) is 3.47. The fourth-order valence-corrected chi connectivity index (χ4v) is 3.47. The number of ketones is 3. The topological polar surface area (TPSA) is 106 Å². The molecule has 7 nitrogen and oxygen atoms in total. The lowest BCUT2D eigenvalue weighted by Gasteiger charge is -2.11. The number of hydrogen-bond donors (Lipinski definition) is 1. The van der Waals surface area contributed by atoms with Crippen LogP contribution in [0.3, 0.4) is 0 Å². The molecule has 3 aromatic rings. The summed E-state index contributed by atoms with van der Waals surface area (Å²) in [6.07, 6.45) is -1.08. The summed E-state index contributed by atoms with van der Waals surface area (Å²) in [6, 6.07) is 9.87. The zero-order valence-corrected chi connectivity index (χ0v) is 18.0. The Balaban J connectivity index is 1.73. The van der Waals surface area contributed by atoms with E-state index in [9.17, 15) is 19.2 Å². The summed E-state index contributed by atoms with van der Waals surface area (Å²) >= 11 is 0. The maximum absolute atomic E-state index is 12.8. The van der Waals surface area contributed by atoms with Crippen molar-refractivity contribution in [2.24, 2.45) is 0 Å². The van der Waals surface area contributed by atoms with Crippen molar-refractivity contribution in [3.05, 3.63) is 70.2 Å². The molecule has 0 fully saturated rings. The van der Waals surface area contributed by atoms with Crippen LogP contribution in [0, 0.1) is 13.8 Å². The minimum Gasteiger partial charge on any atom is -0.449 e. The molecule has 0 aliphatic rings. The van der Waals surface area contributed by atoms with Gasteiger partial charge in [-0.1, -0.05) is 24.3 Å². The van der Waals surface area contributed by atoms with Gasteiger partial charge in [-0.2, -0.15) is 0 Å². The monoisotopic (exact) mass is 421 g/mol. The number of carbonyl (C=O) groups is 4. The van der Waals surface area contributed by atoms with Gasteiger partial charge in [-0.15, -0.1) is 0 Å². The SMILES string of the molecule is CC(=O)c1ccc(-c2ccc(C(=O)O[C@H](C)C(=O)c3[nH]c(C)c(C(C)=O)c3C)o2)cc1. The van der Waals surface area contributed by atoms with E-state index in [1.807, 2.05) is 0 Å². The van der Waals surface area contributed by atoms with Gasteiger partial charge in [0.15, 0.2) is 17.7 Å². The van der Waals surface area contributed by atoms with E-state index >= 15 is 0 Å². The molecule has 0 saturated heterocycles. The van der Waals surface area contributed by atoms with E-state index < -0.39 is 17.9 Å². The first-order valence-corrected chi connectivity index (χ1v) is 9.76. The fraction of sp³-hybridized carbons (Fsp3) is 0.250. The number of aromatic nitrogens is 1. The number of hydrogen-bond acceptors (Lipinski definition) is 6. The largest absolute Gasteiger partial charge is 0.449 e. The Kier molecular flexibility index (Phi) is 6.06. The zero-order valence-electron chi connectivity index (χ0n) is 18.0. The van der Waals surface area contributed by atoms with Crippen LogP contribution in [0.5, 0.6) is 0 Å². The maximum Gasteiger partial charge on any atom is 0.374 e. The molecule has 0 amide bonds. The second kappa shape index (κ2) is 8.55. The predicted molar refractivity (Wildman–Crippen MR) is 114 cm³/mol. The Labute approximate surface area is 179 Å². The number of ether oxygens (including phenoxy) is 1. The van der Waals surface area contributed by atoms with E-state index in [4.69, 9.17) is 9.15 Å². The third-order valence-corrected chi connectivity index (χ3v) is 5.07. The number of esters is 1. The van der Waals surface area contributed by atoms with Crippen molar-refractivity contribution in [2.45, 2.75) is 40.7 Å². The molecule has 0 saturated carbocycles. The molecule has 31 heavy (non-hydrogen) atoms. The maximum atomic E-state index is 12.8. The highest BCUT2D eigenvalue weighted by Gasteiger charge is 2.27. The number of carbonyl (C=O) groups excluding carboxylic acids is 4. The van der Waals surface area contributed by atoms with Gasteiger partial charge in [0.2, 0.25) is 11.5 Å². The van der Waals surface area contributed by atoms with Gasteiger partial charge in [0.05, 0.1) is 5.69 Å². The summed E-state index contributed by atoms with van der Waals surface area (Å²) in [5, 5.41) is 0. The van der Waals surface area contributed by atoms with E-state index in [-0.39, 0.29) is 23.0 Å². The van der Waals surface area contributed by atoms with Crippen molar-refractivity contribution in [3.63, 3.8) is 0 Å². The van der Waals surface area contributed by atoms with E-state index in [0.717, 1.165) is 0 Å². The normalized spacial score (nSPS) is 11.8. The van der Waals surface area contributed by atoms with Crippen LogP contribution in [-0.4, -0.2) is 34.4 Å². The predicted octanol–water partition coefficient (Wildman–Crippen LogP) is 4.72. The first-order valence-electron chi connectivity index (χ1n) is 9.76. The van der Waals surface area contributed by atoms with Crippen molar-refractivity contribution in [2.75, 3.05) is 0 Å². The number of aryl methyl sites for hydroxylation is 1. The van der Waals surface area contributed by atoms with E-state index in [2.05, 4.69) is 4.98 Å². The van der Waals surface area contributed by atoms with Crippen LogP contribution >= 0.6 is 0 Å². The number of rotatable bonds is 7. The van der Waals surface area contributed by atoms with Crippen molar-refractivity contribution in [3.8, 4) is 11.3 Å². The third-order valence-electron chi connectivity index (χ3n) is 5.07. The first kappa shape index (κ1) is 22.0. The molecule has 0 unspecified atom stereocenters. The molecule has 1 N–H and O–H groups in total. The number of H-pyrrole nitrogens is 1. The average molecular weight is 421 g/mol. The van der Waals surface area contributed by atoms with Gasteiger partial charge in [-0.05, 0) is 52.3 Å². The molecule has 1 atom stereocenters. The van der Waals surface area contributed by atoms with E-state index in [1.165, 1.54) is 26.8 Å². The lowest BCUT2D eigenvalue weighted by molar-refractivity contribution is 0.0288. The number of aromatic amines is 1. The molecule has 2 heterocycles. The molecule has 0 radical (unpaired) electrons. The van der Waals surface area contributed by atoms with Gasteiger partial charge in [0.1, 0.15) is 5.76 Å². The number of furan rings is 1. The second-order valence-electron chi connectivity index (χ2n) is 7.39. The highest BCUT2D eigenvalue weighted by atomic mass is 16.6. The van der Waals surface area contributed by atoms with Crippen molar-refractivity contribution in [1.29, 1.82) is 0 Å². The molecule has 0 aliphatic heterocycles. The Hall–Kier alpha value is -3.74. The van der Waals surface area contributed by atoms with Crippen molar-refractivity contribution >= 4 is 23.3 Å². The lowest BCUT2D eigenvalue weighted by Crippen LogP contribution is -2.25. The summed E-state index contributed by atoms with van der Waals surface area (Å²) in [7, 11) is 0. The zero-order chi connectivity index (χ0) is 22.9. The molecule has 0 spiro atoms. The lowest BCUT2D eigenvalue weighted by atomic mass is 10.0. The quantitative estimate of drug-likeness (QED) is 0.437. The first-order chi connectivity index (χ1) is 14.6. The number of nitrogens with one attached hydrogen (secondary N) is 1. The molecule has 0 bridgehead atoms. The van der Waals surface area contributed by atoms with Crippen LogP contribution in [0.2, 0.25) is 0 Å². The van der Waals surface area contributed by atoms with Crippen molar-refractivity contribution in [1.82, 2.24) is 4.98 Å². The summed E-state index contributed by atoms with van der Waals surface area (Å²) in [5.74, 6) is -1.02. The molecule has 2 aromatic heterocycles. The van der Waals surface area contributed by atoms with Crippen LogP contribution in [-0.2, 0) is 4.74 Å². The minimum absolute atomic E-state index is 0.0446. The highest BCUT2D eigenvalue weighted by Crippen LogP contribution is 2.24. The Morgan fingerprint density at radius 2 is 1.58 bits per heavy atom. The minimum atomic E-state index is -1.08. The number of benzene rings is 1. The van der Waals surface area contributed by atoms with Crippen LogP contribution in [0.4, 0.5) is 0 Å². The molecular formula is C24H23NO6. The van der Waals surface area contributed by atoms with Gasteiger partial charge in [-0.3, -0.25) is 14.4 Å². The molecule has 7 heteroatoms. The molecule has 160 valence electrons. The summed E-state index contributed by atoms with van der Waals surface area (Å²) < 4.78 is 10.9. The average Bonchev–Trinajstić information content (AvgIpc) is 3.32. The van der Waals surface area contributed by atoms with Gasteiger partial charge < -0.3 is 14.1 Å². The van der Waals surface area contributed by atoms with Crippen LogP contribution in [0.1, 0.15) is 73.8 Å². The summed E-state index contributed by atoms with van der Waals surface area (Å²) in [4.78, 5) is 51.3. The van der Waals surface area contributed by atoms with E-state index in [0.29, 0.717) is 33.7 Å². The van der Waals surface area contributed by atoms with Gasteiger partial charge in [0.25, 0.3) is 0 Å². The summed E-state index contributed by atoms with van der Waals surface area (Å²) in [5.41, 5.74) is 3.11. The van der Waals surface area contributed by atoms with Crippen LogP contribution in [0.25, 0.3) is 11.3 Å². The molecule has 3 rings (SSSR count). The smallest absolute Gasteiger partial charge is 0.374 e. The van der Waals surface area contributed by atoms with Crippen LogP contribution in [0.15, 0.2) is 40.8 Å². The van der Waals surface area contributed by atoms with E-state index in [1.54, 1.807) is 44.2 Å². The Bertz CT molecular complexity index is 1180. The van der Waals surface area contributed by atoms with Gasteiger partial charge in [-0.25, -0.2) is 4.79 Å². The number of Topliss-reactive ketones (excluding diaryl/α,β-unsaturated/α-hetero) is 3. The Morgan fingerprint density at radius 1 is 0.935 bits per heavy atom.